The third kappa shape index (κ3) is 14.6. The molecule has 8 N–H and O–H groups in total. The van der Waals surface area contributed by atoms with Gasteiger partial charge >= 0.3 is 0 Å². The van der Waals surface area contributed by atoms with Gasteiger partial charge in [-0.2, -0.15) is 0 Å². The Morgan fingerprint density at radius 1 is 0.811 bits per heavy atom. The first-order valence-electron chi connectivity index (χ1n) is 25.4. The van der Waals surface area contributed by atoms with Crippen molar-refractivity contribution in [2.24, 2.45) is 5.92 Å². The number of amides is 3. The summed E-state index contributed by atoms with van der Waals surface area (Å²) in [7, 11) is 1.30. The number of ketones is 3. The molecule has 0 saturated carbocycles. The fourth-order valence-corrected chi connectivity index (χ4v) is 9.18. The maximum absolute atomic E-state index is 14.1. The van der Waals surface area contributed by atoms with E-state index >= 15 is 0 Å². The van der Waals surface area contributed by atoms with Crippen molar-refractivity contribution in [3.8, 4) is 17.2 Å². The molecule has 2 aliphatic carbocycles. The second kappa shape index (κ2) is 27.7. The lowest BCUT2D eigenvalue weighted by Gasteiger charge is -2.43. The topological polar surface area (TPSA) is 267 Å². The molecule has 400 valence electrons. The molecule has 8 atom stereocenters. The van der Waals surface area contributed by atoms with Crippen LogP contribution < -0.4 is 20.7 Å². The smallest absolute Gasteiger partial charge is 0.243 e. The molecular weight excluding hydrogens is 951 g/mol. The lowest BCUT2D eigenvalue weighted by atomic mass is 9.72. The van der Waals surface area contributed by atoms with Gasteiger partial charge in [-0.15, -0.1) is 0 Å². The lowest BCUT2D eigenvalue weighted by Crippen LogP contribution is -2.60. The molecule has 1 heterocycles. The van der Waals surface area contributed by atoms with Gasteiger partial charge in [0, 0.05) is 42.4 Å². The maximum Gasteiger partial charge on any atom is 0.243 e. The molecule has 1 fully saturated rings. The number of ether oxygens (including phenoxy) is 3. The van der Waals surface area contributed by atoms with E-state index in [-0.39, 0.29) is 46.8 Å². The number of Topliss-reactive ketones (excluding diaryl/α,β-unsaturated/α-hetero) is 1. The number of phenolic OH excluding ortho intramolecular Hbond substituents is 2. The van der Waals surface area contributed by atoms with E-state index < -0.39 is 125 Å². The molecule has 3 amide bonds. The summed E-state index contributed by atoms with van der Waals surface area (Å²) in [6.07, 6.45) is 24.5. The van der Waals surface area contributed by atoms with Gasteiger partial charge in [0.15, 0.2) is 17.9 Å². The number of hydrogen-bond donors (Lipinski definition) is 8. The van der Waals surface area contributed by atoms with Crippen LogP contribution in [0.1, 0.15) is 148 Å². The van der Waals surface area contributed by atoms with Crippen molar-refractivity contribution in [3.63, 3.8) is 0 Å². The van der Waals surface area contributed by atoms with Crippen molar-refractivity contribution >= 4 is 35.1 Å². The second-order valence-electron chi connectivity index (χ2n) is 19.1. The number of aliphatic hydroxyl groups excluding tert-OH is 2. The van der Waals surface area contributed by atoms with Crippen LogP contribution in [0.15, 0.2) is 91.1 Å². The first-order valence-corrected chi connectivity index (χ1v) is 25.4. The van der Waals surface area contributed by atoms with E-state index in [4.69, 9.17) is 14.2 Å². The highest BCUT2D eigenvalue weighted by Gasteiger charge is 2.50. The Morgan fingerprint density at radius 2 is 1.39 bits per heavy atom. The van der Waals surface area contributed by atoms with Gasteiger partial charge in [-0.3, -0.25) is 28.8 Å². The number of benzene rings is 2. The molecule has 0 aromatic heterocycles. The molecule has 8 unspecified atom stereocenters. The number of carbonyl (C=O) groups excluding carboxylic acids is 6. The minimum absolute atomic E-state index is 0.0408. The van der Waals surface area contributed by atoms with Gasteiger partial charge in [0.2, 0.25) is 23.5 Å². The van der Waals surface area contributed by atoms with Crippen molar-refractivity contribution in [2.45, 2.75) is 154 Å². The first kappa shape index (κ1) is 58.4. The zero-order valence-corrected chi connectivity index (χ0v) is 43.2. The van der Waals surface area contributed by atoms with Crippen molar-refractivity contribution < 1.29 is 68.5 Å². The SMILES string of the molecule is CCC=CCC=CCC=CCC=CCC=CCC=CCCC(=O)NC(C)C(=O)NC(C(=O)NC1CC(OC2CC(O)(C(=O)CO)Cc3c(O)c4c(c(O)c32)C(=O)c2c(OC)cccc2C4=O)OC(C)C1O)C(C)C. The number of nitrogens with one attached hydrogen (secondary N) is 3. The number of hydrogen-bond acceptors (Lipinski definition) is 14. The molecule has 2 aromatic carbocycles. The van der Waals surface area contributed by atoms with Crippen molar-refractivity contribution in [1.82, 2.24) is 16.0 Å². The van der Waals surface area contributed by atoms with E-state index in [2.05, 4.69) is 83.6 Å². The highest BCUT2D eigenvalue weighted by atomic mass is 16.7. The lowest BCUT2D eigenvalue weighted by molar-refractivity contribution is -0.249. The van der Waals surface area contributed by atoms with Crippen LogP contribution in [0.3, 0.4) is 0 Å². The van der Waals surface area contributed by atoms with E-state index in [9.17, 15) is 54.3 Å². The van der Waals surface area contributed by atoms with Crippen molar-refractivity contribution in [1.29, 1.82) is 0 Å². The molecule has 1 aliphatic heterocycles. The van der Waals surface area contributed by atoms with Crippen LogP contribution in [0.4, 0.5) is 0 Å². The quantitative estimate of drug-likeness (QED) is 0.0343. The van der Waals surface area contributed by atoms with Gasteiger partial charge in [-0.1, -0.05) is 106 Å². The number of methoxy groups -OCH3 is 1. The van der Waals surface area contributed by atoms with Crippen LogP contribution in [-0.2, 0) is 35.1 Å². The van der Waals surface area contributed by atoms with Crippen LogP contribution in [0.25, 0.3) is 0 Å². The van der Waals surface area contributed by atoms with Crippen molar-refractivity contribution in [3.05, 3.63) is 124 Å². The first-order chi connectivity index (χ1) is 35.4. The van der Waals surface area contributed by atoms with Gasteiger partial charge in [-0.25, -0.2) is 0 Å². The predicted octanol–water partition coefficient (Wildman–Crippen LogP) is 6.28. The van der Waals surface area contributed by atoms with E-state index in [0.29, 0.717) is 12.8 Å². The monoisotopic (exact) mass is 1020 g/mol. The normalized spacial score (nSPS) is 22.7. The summed E-state index contributed by atoms with van der Waals surface area (Å²) in [5.74, 6) is -6.32. The Kier molecular flexibility index (Phi) is 21.9. The number of aliphatic hydroxyl groups is 3. The van der Waals surface area contributed by atoms with Gasteiger partial charge < -0.3 is 55.7 Å². The Balaban J connectivity index is 1.16. The van der Waals surface area contributed by atoms with Gasteiger partial charge in [0.05, 0.1) is 42.0 Å². The van der Waals surface area contributed by atoms with E-state index in [0.717, 1.165) is 32.1 Å². The van der Waals surface area contributed by atoms with E-state index in [1.54, 1.807) is 13.8 Å². The van der Waals surface area contributed by atoms with Crippen LogP contribution >= 0.6 is 0 Å². The maximum atomic E-state index is 14.1. The van der Waals surface area contributed by atoms with Gasteiger partial charge in [0.1, 0.15) is 47.6 Å². The largest absolute Gasteiger partial charge is 0.507 e. The highest BCUT2D eigenvalue weighted by molar-refractivity contribution is 6.31. The molecule has 74 heavy (non-hydrogen) atoms. The Labute approximate surface area is 433 Å². The molecular formula is C57H73N3O14. The van der Waals surface area contributed by atoms with Crippen LogP contribution in [-0.4, -0.2) is 117 Å². The zero-order chi connectivity index (χ0) is 54.1. The minimum atomic E-state index is -2.39. The van der Waals surface area contributed by atoms with Crippen LogP contribution in [0.5, 0.6) is 17.2 Å². The summed E-state index contributed by atoms with van der Waals surface area (Å²) in [6, 6.07) is 1.10. The zero-order valence-electron chi connectivity index (χ0n) is 43.2. The molecule has 2 aromatic rings. The van der Waals surface area contributed by atoms with E-state index in [1.807, 2.05) is 12.2 Å². The fourth-order valence-electron chi connectivity index (χ4n) is 9.18. The number of carbonyl (C=O) groups is 6. The third-order valence-corrected chi connectivity index (χ3v) is 13.2. The third-order valence-electron chi connectivity index (χ3n) is 13.2. The summed E-state index contributed by atoms with van der Waals surface area (Å²) < 4.78 is 17.6. The summed E-state index contributed by atoms with van der Waals surface area (Å²) in [5.41, 5.74) is -4.27. The molecule has 0 bridgehead atoms. The molecule has 1 saturated heterocycles. The number of rotatable bonds is 25. The standard InChI is InChI=1S/C57H73N3O14/c1-7-8-9-10-11-12-13-14-15-16-17-18-19-20-21-22-23-24-25-29-43(63)58-35(4)55(69)60-49(34(2)3)56(70)59-39-30-44(73-36(5)50(39)64)74-41-32-57(71,42(62)33-61)31-38-46(41)54(68)48-47(52(38)66)51(65)37-27-26-28-40(72-6)45(37)53(48)67/h8-9,11-12,14-15,17-18,20-21,23-24,26-28,34-36,39,41,44,49-50,61,64,66,68,71H,7,10,13,16,19,22,25,29-33H2,1-6H3,(H,58,63)(H,59,70)(H,60,69). The molecule has 17 nitrogen and oxygen atoms in total. The molecule has 3 aliphatic rings. The molecule has 5 rings (SSSR count). The Hall–Kier alpha value is -6.50. The predicted molar refractivity (Wildman–Crippen MR) is 278 cm³/mol. The number of aromatic hydroxyl groups is 2. The average molecular weight is 1020 g/mol. The van der Waals surface area contributed by atoms with E-state index in [1.165, 1.54) is 39.2 Å². The van der Waals surface area contributed by atoms with Gasteiger partial charge in [0.25, 0.3) is 0 Å². The number of allylic oxidation sites excluding steroid dienone is 12. The summed E-state index contributed by atoms with van der Waals surface area (Å²) >= 11 is 0. The molecule has 17 heteroatoms. The molecule has 0 radical (unpaired) electrons. The van der Waals surface area contributed by atoms with Crippen molar-refractivity contribution in [2.75, 3.05) is 13.7 Å². The van der Waals surface area contributed by atoms with Crippen LogP contribution in [0.2, 0.25) is 0 Å². The Morgan fingerprint density at radius 3 is 1.96 bits per heavy atom. The Bertz CT molecular complexity index is 2540. The average Bonchev–Trinajstić information content (AvgIpc) is 3.36. The molecule has 0 spiro atoms. The second-order valence-corrected chi connectivity index (χ2v) is 19.1. The minimum Gasteiger partial charge on any atom is -0.507 e. The fraction of sp³-hybridized carbons (Fsp3) is 0.474. The summed E-state index contributed by atoms with van der Waals surface area (Å²) in [4.78, 5) is 81.0. The van der Waals surface area contributed by atoms with Crippen LogP contribution in [0, 0.1) is 5.92 Å². The summed E-state index contributed by atoms with van der Waals surface area (Å²) in [5, 5.41) is 64.5. The highest BCUT2D eigenvalue weighted by Crippen LogP contribution is 2.52. The number of fused-ring (bicyclic) bond motifs is 3. The summed E-state index contributed by atoms with van der Waals surface area (Å²) in [6.45, 7) is 7.43. The van der Waals surface area contributed by atoms with Gasteiger partial charge in [-0.05, 0) is 70.8 Å². The number of phenols is 2.